The SMILES string of the molecule is O=C(Nc1cccc(Cl)c1)C1CCCCS1. The van der Waals surface area contributed by atoms with Crippen LogP contribution in [0.5, 0.6) is 0 Å². The van der Waals surface area contributed by atoms with E-state index in [1.54, 1.807) is 23.9 Å². The number of anilines is 1. The molecule has 4 heteroatoms. The maximum Gasteiger partial charge on any atom is 0.237 e. The van der Waals surface area contributed by atoms with Crippen molar-refractivity contribution in [2.24, 2.45) is 0 Å². The van der Waals surface area contributed by atoms with Crippen molar-refractivity contribution in [3.63, 3.8) is 0 Å². The molecular weight excluding hydrogens is 242 g/mol. The Kier molecular flexibility index (Phi) is 4.13. The van der Waals surface area contributed by atoms with Crippen molar-refractivity contribution in [2.75, 3.05) is 11.1 Å². The molecule has 1 aromatic rings. The van der Waals surface area contributed by atoms with Crippen LogP contribution in [0, 0.1) is 0 Å². The number of halogens is 1. The quantitative estimate of drug-likeness (QED) is 0.876. The summed E-state index contributed by atoms with van der Waals surface area (Å²) in [7, 11) is 0. The molecule has 2 nitrogen and oxygen atoms in total. The molecule has 1 atom stereocenters. The third-order valence-corrected chi connectivity index (χ3v) is 4.18. The summed E-state index contributed by atoms with van der Waals surface area (Å²) in [6, 6.07) is 7.27. The fourth-order valence-electron chi connectivity index (χ4n) is 1.74. The summed E-state index contributed by atoms with van der Waals surface area (Å²) in [6.45, 7) is 0. The summed E-state index contributed by atoms with van der Waals surface area (Å²) < 4.78 is 0. The van der Waals surface area contributed by atoms with Gasteiger partial charge in [-0.3, -0.25) is 4.79 Å². The number of carbonyl (C=O) groups excluding carboxylic acids is 1. The molecule has 0 radical (unpaired) electrons. The topological polar surface area (TPSA) is 29.1 Å². The first kappa shape index (κ1) is 11.8. The summed E-state index contributed by atoms with van der Waals surface area (Å²) in [4.78, 5) is 11.9. The van der Waals surface area contributed by atoms with Gasteiger partial charge >= 0.3 is 0 Å². The fraction of sp³-hybridized carbons (Fsp3) is 0.417. The van der Waals surface area contributed by atoms with Gasteiger partial charge in [-0.2, -0.15) is 0 Å². The Labute approximate surface area is 105 Å². The first-order chi connectivity index (χ1) is 7.75. The van der Waals surface area contributed by atoms with E-state index in [-0.39, 0.29) is 11.2 Å². The highest BCUT2D eigenvalue weighted by atomic mass is 35.5. The number of carbonyl (C=O) groups is 1. The van der Waals surface area contributed by atoms with Crippen molar-refractivity contribution in [2.45, 2.75) is 24.5 Å². The molecule has 0 spiro atoms. The van der Waals surface area contributed by atoms with Crippen molar-refractivity contribution in [3.8, 4) is 0 Å². The van der Waals surface area contributed by atoms with E-state index in [4.69, 9.17) is 11.6 Å². The van der Waals surface area contributed by atoms with Gasteiger partial charge in [0.05, 0.1) is 5.25 Å². The van der Waals surface area contributed by atoms with E-state index in [2.05, 4.69) is 5.32 Å². The van der Waals surface area contributed by atoms with Crippen LogP contribution in [0.15, 0.2) is 24.3 Å². The lowest BCUT2D eigenvalue weighted by molar-refractivity contribution is -0.115. The molecule has 1 saturated heterocycles. The molecule has 2 rings (SSSR count). The van der Waals surface area contributed by atoms with Gasteiger partial charge in [0.1, 0.15) is 0 Å². The molecule has 1 aliphatic heterocycles. The number of amides is 1. The third kappa shape index (κ3) is 3.16. The maximum absolute atomic E-state index is 11.9. The van der Waals surface area contributed by atoms with E-state index < -0.39 is 0 Å². The van der Waals surface area contributed by atoms with Crippen LogP contribution in [-0.4, -0.2) is 16.9 Å². The van der Waals surface area contributed by atoms with Gasteiger partial charge < -0.3 is 5.32 Å². The number of hydrogen-bond donors (Lipinski definition) is 1. The summed E-state index contributed by atoms with van der Waals surface area (Å²) in [5.74, 6) is 1.19. The predicted octanol–water partition coefficient (Wildman–Crippen LogP) is 3.56. The van der Waals surface area contributed by atoms with Gasteiger partial charge in [-0.15, -0.1) is 11.8 Å². The highest BCUT2D eigenvalue weighted by Crippen LogP contribution is 2.26. The molecule has 1 heterocycles. The Morgan fingerprint density at radius 3 is 3.00 bits per heavy atom. The van der Waals surface area contributed by atoms with Crippen LogP contribution in [0.1, 0.15) is 19.3 Å². The van der Waals surface area contributed by atoms with Crippen LogP contribution in [0.3, 0.4) is 0 Å². The molecule has 1 unspecified atom stereocenters. The van der Waals surface area contributed by atoms with Gasteiger partial charge in [-0.05, 0) is 36.8 Å². The minimum Gasteiger partial charge on any atom is -0.325 e. The number of nitrogens with one attached hydrogen (secondary N) is 1. The van der Waals surface area contributed by atoms with Crippen LogP contribution in [0.2, 0.25) is 5.02 Å². The largest absolute Gasteiger partial charge is 0.325 e. The van der Waals surface area contributed by atoms with Gasteiger partial charge in [0.15, 0.2) is 0 Å². The van der Waals surface area contributed by atoms with E-state index >= 15 is 0 Å². The molecule has 1 amide bonds. The maximum atomic E-state index is 11.9. The van der Waals surface area contributed by atoms with Crippen molar-refractivity contribution in [1.82, 2.24) is 0 Å². The highest BCUT2D eigenvalue weighted by Gasteiger charge is 2.21. The zero-order chi connectivity index (χ0) is 11.4. The van der Waals surface area contributed by atoms with Crippen molar-refractivity contribution >= 4 is 35.0 Å². The van der Waals surface area contributed by atoms with Gasteiger partial charge in [-0.1, -0.05) is 24.1 Å². The van der Waals surface area contributed by atoms with Crippen molar-refractivity contribution in [3.05, 3.63) is 29.3 Å². The lowest BCUT2D eigenvalue weighted by Crippen LogP contribution is -2.27. The zero-order valence-electron chi connectivity index (χ0n) is 8.91. The fourth-order valence-corrected chi connectivity index (χ4v) is 3.13. The predicted molar refractivity (Wildman–Crippen MR) is 70.2 cm³/mol. The molecule has 1 fully saturated rings. The molecule has 0 aromatic heterocycles. The van der Waals surface area contributed by atoms with Crippen LogP contribution >= 0.6 is 23.4 Å². The van der Waals surface area contributed by atoms with Gasteiger partial charge in [0.2, 0.25) is 5.91 Å². The molecule has 1 N–H and O–H groups in total. The molecule has 0 saturated carbocycles. The van der Waals surface area contributed by atoms with Crippen LogP contribution in [-0.2, 0) is 4.79 Å². The Morgan fingerprint density at radius 1 is 1.44 bits per heavy atom. The van der Waals surface area contributed by atoms with Crippen LogP contribution < -0.4 is 5.32 Å². The monoisotopic (exact) mass is 255 g/mol. The first-order valence-corrected chi connectivity index (χ1v) is 6.86. The Bertz CT molecular complexity index is 377. The lowest BCUT2D eigenvalue weighted by atomic mass is 10.2. The average Bonchev–Trinajstić information content (AvgIpc) is 2.30. The van der Waals surface area contributed by atoms with Gasteiger partial charge in [-0.25, -0.2) is 0 Å². The normalized spacial score (nSPS) is 20.4. The second-order valence-corrected chi connectivity index (χ2v) is 5.60. The molecule has 1 aromatic carbocycles. The number of hydrogen-bond acceptors (Lipinski definition) is 2. The zero-order valence-corrected chi connectivity index (χ0v) is 10.5. The molecular formula is C12H14ClNOS. The first-order valence-electron chi connectivity index (χ1n) is 5.44. The second-order valence-electron chi connectivity index (χ2n) is 3.85. The number of benzene rings is 1. The minimum atomic E-state index is 0.104. The van der Waals surface area contributed by atoms with E-state index in [1.807, 2.05) is 12.1 Å². The summed E-state index contributed by atoms with van der Waals surface area (Å²) in [5.41, 5.74) is 0.781. The van der Waals surface area contributed by atoms with E-state index in [0.29, 0.717) is 5.02 Å². The number of thioether (sulfide) groups is 1. The summed E-state index contributed by atoms with van der Waals surface area (Å²) in [5, 5.41) is 3.66. The Morgan fingerprint density at radius 2 is 2.31 bits per heavy atom. The van der Waals surface area contributed by atoms with Gasteiger partial charge in [0, 0.05) is 10.7 Å². The van der Waals surface area contributed by atoms with E-state index in [9.17, 15) is 4.79 Å². The summed E-state index contributed by atoms with van der Waals surface area (Å²) >= 11 is 7.61. The molecule has 0 aliphatic carbocycles. The highest BCUT2D eigenvalue weighted by molar-refractivity contribution is 8.00. The van der Waals surface area contributed by atoms with E-state index in [1.165, 1.54) is 6.42 Å². The minimum absolute atomic E-state index is 0.104. The van der Waals surface area contributed by atoms with Crippen LogP contribution in [0.4, 0.5) is 5.69 Å². The number of rotatable bonds is 2. The Balaban J connectivity index is 1.96. The second kappa shape index (κ2) is 5.60. The van der Waals surface area contributed by atoms with Crippen molar-refractivity contribution < 1.29 is 4.79 Å². The molecule has 16 heavy (non-hydrogen) atoms. The van der Waals surface area contributed by atoms with Gasteiger partial charge in [0.25, 0.3) is 0 Å². The van der Waals surface area contributed by atoms with E-state index in [0.717, 1.165) is 24.3 Å². The summed E-state index contributed by atoms with van der Waals surface area (Å²) in [6.07, 6.45) is 3.36. The molecule has 1 aliphatic rings. The standard InChI is InChI=1S/C12H14ClNOS/c13-9-4-3-5-10(8-9)14-12(15)11-6-1-2-7-16-11/h3-5,8,11H,1-2,6-7H2,(H,14,15). The van der Waals surface area contributed by atoms with Crippen molar-refractivity contribution in [1.29, 1.82) is 0 Å². The molecule has 0 bridgehead atoms. The molecule has 86 valence electrons. The van der Waals surface area contributed by atoms with Crippen LogP contribution in [0.25, 0.3) is 0 Å². The lowest BCUT2D eigenvalue weighted by Gasteiger charge is -2.20. The smallest absolute Gasteiger partial charge is 0.237 e. The average molecular weight is 256 g/mol. The third-order valence-electron chi connectivity index (χ3n) is 2.56. The Hall–Kier alpha value is -0.670.